The lowest BCUT2D eigenvalue weighted by Crippen LogP contribution is -2.24. The van der Waals surface area contributed by atoms with E-state index in [2.05, 4.69) is 30.2 Å². The van der Waals surface area contributed by atoms with Crippen LogP contribution in [0, 0.1) is 11.3 Å². The van der Waals surface area contributed by atoms with Gasteiger partial charge in [-0.15, -0.1) is 0 Å². The number of rotatable bonds is 4. The summed E-state index contributed by atoms with van der Waals surface area (Å²) >= 11 is 0. The predicted molar refractivity (Wildman–Crippen MR) is 74.3 cm³/mol. The second-order valence-electron chi connectivity index (χ2n) is 4.74. The fourth-order valence-corrected chi connectivity index (χ4v) is 2.22. The van der Waals surface area contributed by atoms with Gasteiger partial charge >= 0.3 is 0 Å². The molecule has 2 unspecified atom stereocenters. The molecule has 4 nitrogen and oxygen atoms in total. The van der Waals surface area contributed by atoms with E-state index in [1.807, 2.05) is 42.1 Å². The lowest BCUT2D eigenvalue weighted by molar-refractivity contribution is 0.467. The minimum atomic E-state index is 0.153. The summed E-state index contributed by atoms with van der Waals surface area (Å²) in [6.45, 7) is 4.18. The van der Waals surface area contributed by atoms with E-state index in [1.54, 1.807) is 6.20 Å². The number of benzene rings is 1. The minimum Gasteiger partial charge on any atom is -0.337 e. The summed E-state index contributed by atoms with van der Waals surface area (Å²) in [4.78, 5) is 4.34. The molecule has 4 heteroatoms. The molecule has 0 spiro atoms. The predicted octanol–water partition coefficient (Wildman–Crippen LogP) is 2.70. The lowest BCUT2D eigenvalue weighted by Gasteiger charge is -2.20. The number of aryl methyl sites for hydroxylation is 1. The van der Waals surface area contributed by atoms with Crippen LogP contribution in [0.2, 0.25) is 0 Å². The molecule has 2 aromatic rings. The van der Waals surface area contributed by atoms with Gasteiger partial charge in [0.2, 0.25) is 0 Å². The van der Waals surface area contributed by atoms with E-state index in [4.69, 9.17) is 5.26 Å². The van der Waals surface area contributed by atoms with Gasteiger partial charge in [0.05, 0.1) is 17.7 Å². The van der Waals surface area contributed by atoms with Gasteiger partial charge in [0.25, 0.3) is 0 Å². The van der Waals surface area contributed by atoms with Crippen LogP contribution in [0.25, 0.3) is 0 Å². The third kappa shape index (κ3) is 3.01. The standard InChI is InChI=1S/C15H18N4/c1-11(14-6-4-5-13(9-14)10-16)18-12(2)15-17-7-8-19(15)3/h4-9,11-12,18H,1-3H3. The van der Waals surface area contributed by atoms with Crippen LogP contribution in [0.1, 0.15) is 42.9 Å². The summed E-state index contributed by atoms with van der Waals surface area (Å²) in [7, 11) is 1.99. The quantitative estimate of drug-likeness (QED) is 0.912. The summed E-state index contributed by atoms with van der Waals surface area (Å²) in [5, 5.41) is 12.4. The summed E-state index contributed by atoms with van der Waals surface area (Å²) in [5.41, 5.74) is 1.80. The molecule has 0 saturated carbocycles. The van der Waals surface area contributed by atoms with Crippen molar-refractivity contribution in [1.29, 1.82) is 5.26 Å². The van der Waals surface area contributed by atoms with Crippen LogP contribution >= 0.6 is 0 Å². The van der Waals surface area contributed by atoms with Crippen LogP contribution in [0.5, 0.6) is 0 Å². The van der Waals surface area contributed by atoms with Gasteiger partial charge < -0.3 is 9.88 Å². The third-order valence-corrected chi connectivity index (χ3v) is 3.26. The van der Waals surface area contributed by atoms with Crippen molar-refractivity contribution in [1.82, 2.24) is 14.9 Å². The van der Waals surface area contributed by atoms with Crippen LogP contribution in [0.3, 0.4) is 0 Å². The number of aromatic nitrogens is 2. The first-order valence-corrected chi connectivity index (χ1v) is 6.35. The second-order valence-corrected chi connectivity index (χ2v) is 4.74. The molecular formula is C15H18N4. The molecule has 0 fully saturated rings. The molecule has 0 amide bonds. The molecule has 0 radical (unpaired) electrons. The first-order valence-electron chi connectivity index (χ1n) is 6.35. The van der Waals surface area contributed by atoms with Crippen molar-refractivity contribution in [3.8, 4) is 6.07 Å². The van der Waals surface area contributed by atoms with Crippen LogP contribution in [-0.2, 0) is 7.05 Å². The smallest absolute Gasteiger partial charge is 0.125 e. The fourth-order valence-electron chi connectivity index (χ4n) is 2.22. The molecule has 98 valence electrons. The van der Waals surface area contributed by atoms with E-state index >= 15 is 0 Å². The highest BCUT2D eigenvalue weighted by molar-refractivity contribution is 5.34. The Bertz CT molecular complexity index is 594. The monoisotopic (exact) mass is 254 g/mol. The van der Waals surface area contributed by atoms with E-state index < -0.39 is 0 Å². The van der Waals surface area contributed by atoms with Crippen molar-refractivity contribution in [2.24, 2.45) is 7.05 Å². The van der Waals surface area contributed by atoms with Gasteiger partial charge in [0.1, 0.15) is 5.82 Å². The molecule has 0 bridgehead atoms. The highest BCUT2D eigenvalue weighted by Gasteiger charge is 2.14. The zero-order valence-electron chi connectivity index (χ0n) is 11.5. The van der Waals surface area contributed by atoms with E-state index in [0.717, 1.165) is 11.4 Å². The molecule has 1 heterocycles. The Balaban J connectivity index is 2.11. The van der Waals surface area contributed by atoms with Crippen LogP contribution in [-0.4, -0.2) is 9.55 Å². The molecule has 2 rings (SSSR count). The Morgan fingerprint density at radius 3 is 2.74 bits per heavy atom. The molecule has 0 aliphatic heterocycles. The lowest BCUT2D eigenvalue weighted by atomic mass is 10.0. The van der Waals surface area contributed by atoms with E-state index in [1.165, 1.54) is 0 Å². The van der Waals surface area contributed by atoms with Crippen molar-refractivity contribution in [2.75, 3.05) is 0 Å². The number of nitriles is 1. The van der Waals surface area contributed by atoms with Gasteiger partial charge in [0.15, 0.2) is 0 Å². The molecule has 0 saturated heterocycles. The number of imidazole rings is 1. The van der Waals surface area contributed by atoms with E-state index in [9.17, 15) is 0 Å². The highest BCUT2D eigenvalue weighted by atomic mass is 15.1. The van der Waals surface area contributed by atoms with Crippen LogP contribution < -0.4 is 5.32 Å². The Morgan fingerprint density at radius 2 is 2.11 bits per heavy atom. The maximum atomic E-state index is 8.93. The SMILES string of the molecule is CC(NC(C)c1nccn1C)c1cccc(C#N)c1. The second kappa shape index (κ2) is 5.68. The van der Waals surface area contributed by atoms with Gasteiger partial charge in [-0.3, -0.25) is 0 Å². The van der Waals surface area contributed by atoms with Gasteiger partial charge in [0, 0.05) is 25.5 Å². The van der Waals surface area contributed by atoms with Crippen molar-refractivity contribution in [2.45, 2.75) is 25.9 Å². The normalized spacial score (nSPS) is 13.8. The summed E-state index contributed by atoms with van der Waals surface area (Å²) < 4.78 is 2.01. The number of nitrogens with zero attached hydrogens (tertiary/aromatic N) is 3. The maximum Gasteiger partial charge on any atom is 0.125 e. The van der Waals surface area contributed by atoms with Gasteiger partial charge in [-0.1, -0.05) is 12.1 Å². The van der Waals surface area contributed by atoms with Crippen molar-refractivity contribution >= 4 is 0 Å². The number of hydrogen-bond acceptors (Lipinski definition) is 3. The van der Waals surface area contributed by atoms with Gasteiger partial charge in [-0.05, 0) is 31.5 Å². The first kappa shape index (κ1) is 13.3. The van der Waals surface area contributed by atoms with Crippen molar-refractivity contribution < 1.29 is 0 Å². The maximum absolute atomic E-state index is 8.93. The van der Waals surface area contributed by atoms with E-state index in [-0.39, 0.29) is 12.1 Å². The Labute approximate surface area is 113 Å². The molecule has 1 aromatic carbocycles. The van der Waals surface area contributed by atoms with Crippen LogP contribution in [0.15, 0.2) is 36.7 Å². The molecule has 1 N–H and O–H groups in total. The molecule has 1 aromatic heterocycles. The number of nitrogens with one attached hydrogen (secondary N) is 1. The van der Waals surface area contributed by atoms with Crippen LogP contribution in [0.4, 0.5) is 0 Å². The zero-order chi connectivity index (χ0) is 13.8. The Hall–Kier alpha value is -2.12. The average molecular weight is 254 g/mol. The zero-order valence-corrected chi connectivity index (χ0v) is 11.5. The Morgan fingerprint density at radius 1 is 1.32 bits per heavy atom. The summed E-state index contributed by atoms with van der Waals surface area (Å²) in [5.74, 6) is 1.00. The topological polar surface area (TPSA) is 53.6 Å². The van der Waals surface area contributed by atoms with Gasteiger partial charge in [-0.2, -0.15) is 5.26 Å². The third-order valence-electron chi connectivity index (χ3n) is 3.26. The average Bonchev–Trinajstić information content (AvgIpc) is 2.85. The molecule has 0 aliphatic carbocycles. The molecule has 2 atom stereocenters. The molecule has 0 aliphatic rings. The van der Waals surface area contributed by atoms with Gasteiger partial charge in [-0.25, -0.2) is 4.98 Å². The summed E-state index contributed by atoms with van der Waals surface area (Å²) in [6, 6.07) is 10.2. The molecular weight excluding hydrogens is 236 g/mol. The minimum absolute atomic E-state index is 0.153. The van der Waals surface area contributed by atoms with Crippen molar-refractivity contribution in [3.63, 3.8) is 0 Å². The van der Waals surface area contributed by atoms with Crippen molar-refractivity contribution in [3.05, 3.63) is 53.6 Å². The first-order chi connectivity index (χ1) is 9.11. The largest absolute Gasteiger partial charge is 0.337 e. The number of hydrogen-bond donors (Lipinski definition) is 1. The molecule has 19 heavy (non-hydrogen) atoms. The van der Waals surface area contributed by atoms with E-state index in [0.29, 0.717) is 5.56 Å². The highest BCUT2D eigenvalue weighted by Crippen LogP contribution is 2.18. The fraction of sp³-hybridized carbons (Fsp3) is 0.333. The Kier molecular flexibility index (Phi) is 3.98. The summed E-state index contributed by atoms with van der Waals surface area (Å²) in [6.07, 6.45) is 3.74.